The van der Waals surface area contributed by atoms with Gasteiger partial charge in [0.05, 0.1) is 26.4 Å². The largest absolute Gasteiger partial charge is 0.379 e. The van der Waals surface area contributed by atoms with Crippen LogP contribution >= 0.6 is 22.7 Å². The fourth-order valence-electron chi connectivity index (χ4n) is 4.40. The molecule has 0 unspecified atom stereocenters. The molecule has 0 bridgehead atoms. The Morgan fingerprint density at radius 3 is 1.50 bits per heavy atom. The van der Waals surface area contributed by atoms with Gasteiger partial charge in [-0.3, -0.25) is 9.80 Å². The van der Waals surface area contributed by atoms with Crippen LogP contribution in [0.3, 0.4) is 0 Å². The lowest BCUT2D eigenvalue weighted by Crippen LogP contribution is -2.36. The van der Waals surface area contributed by atoms with Crippen LogP contribution in [0.4, 0.5) is 0 Å². The predicted molar refractivity (Wildman–Crippen MR) is 128 cm³/mol. The lowest BCUT2D eigenvalue weighted by molar-refractivity contribution is 0.0374. The first-order valence-electron chi connectivity index (χ1n) is 11.5. The topological polar surface area (TPSA) is 24.9 Å². The van der Waals surface area contributed by atoms with Crippen LogP contribution in [-0.4, -0.2) is 75.5 Å². The van der Waals surface area contributed by atoms with Crippen molar-refractivity contribution in [1.82, 2.24) is 9.80 Å². The van der Waals surface area contributed by atoms with Crippen LogP contribution in [0.25, 0.3) is 9.75 Å². The molecule has 0 aromatic carbocycles. The van der Waals surface area contributed by atoms with Crippen molar-refractivity contribution in [2.24, 2.45) is 0 Å². The number of ether oxygens (including phenoxy) is 2. The van der Waals surface area contributed by atoms with E-state index in [-0.39, 0.29) is 0 Å². The highest BCUT2D eigenvalue weighted by molar-refractivity contribution is 7.22. The highest BCUT2D eigenvalue weighted by Gasteiger charge is 2.16. The summed E-state index contributed by atoms with van der Waals surface area (Å²) >= 11 is 4.04. The van der Waals surface area contributed by atoms with Gasteiger partial charge in [-0.15, -0.1) is 22.7 Å². The Kier molecular flexibility index (Phi) is 8.38. The third kappa shape index (κ3) is 6.15. The number of rotatable bonds is 9. The Balaban J connectivity index is 1.29. The molecule has 0 aliphatic carbocycles. The molecular weight excluding hydrogens is 412 g/mol. The normalized spacial score (nSPS) is 18.9. The van der Waals surface area contributed by atoms with E-state index < -0.39 is 0 Å². The zero-order valence-corrected chi connectivity index (χ0v) is 20.2. The molecule has 2 fully saturated rings. The van der Waals surface area contributed by atoms with Gasteiger partial charge in [-0.25, -0.2) is 0 Å². The van der Waals surface area contributed by atoms with Crippen LogP contribution in [0.2, 0.25) is 0 Å². The Labute approximate surface area is 189 Å². The van der Waals surface area contributed by atoms with Crippen LogP contribution in [0.5, 0.6) is 0 Å². The van der Waals surface area contributed by atoms with Gasteiger partial charge in [0.2, 0.25) is 0 Å². The fourth-order valence-corrected chi connectivity index (χ4v) is 7.08. The minimum atomic E-state index is 0.898. The highest BCUT2D eigenvalue weighted by atomic mass is 32.1. The standard InChI is InChI=1S/C24H36N2O2S2/c1-19-17-21(5-3-7-25-9-13-27-14-10-25)29-23(19)24-20(2)18-22(30-24)6-4-8-26-11-15-28-16-12-26/h17-18H,3-16H2,1-2H3. The molecule has 166 valence electrons. The minimum absolute atomic E-state index is 0.898. The molecule has 0 radical (unpaired) electrons. The summed E-state index contributed by atoms with van der Waals surface area (Å²) in [7, 11) is 0. The van der Waals surface area contributed by atoms with Crippen LogP contribution < -0.4 is 0 Å². The van der Waals surface area contributed by atoms with Crippen molar-refractivity contribution >= 4 is 22.7 Å². The first-order chi connectivity index (χ1) is 14.7. The van der Waals surface area contributed by atoms with Gasteiger partial charge in [0.25, 0.3) is 0 Å². The van der Waals surface area contributed by atoms with Gasteiger partial charge in [-0.05, 0) is 75.9 Å². The van der Waals surface area contributed by atoms with Gasteiger partial charge in [0.1, 0.15) is 0 Å². The molecule has 2 saturated heterocycles. The van der Waals surface area contributed by atoms with Crippen LogP contribution in [0.1, 0.15) is 33.7 Å². The maximum atomic E-state index is 5.45. The van der Waals surface area contributed by atoms with Crippen LogP contribution in [0.15, 0.2) is 12.1 Å². The molecule has 2 aliphatic heterocycles. The Morgan fingerprint density at radius 1 is 0.700 bits per heavy atom. The molecule has 0 spiro atoms. The number of hydrogen-bond acceptors (Lipinski definition) is 6. The van der Waals surface area contributed by atoms with Crippen molar-refractivity contribution < 1.29 is 9.47 Å². The van der Waals surface area contributed by atoms with E-state index in [2.05, 4.69) is 35.8 Å². The molecule has 30 heavy (non-hydrogen) atoms. The van der Waals surface area contributed by atoms with E-state index in [1.54, 1.807) is 0 Å². The SMILES string of the molecule is Cc1cc(CCCN2CCOCC2)sc1-c1sc(CCCN2CCOCC2)cc1C. The maximum absolute atomic E-state index is 5.45. The second-order valence-electron chi connectivity index (χ2n) is 8.56. The molecule has 6 heteroatoms. The molecule has 0 atom stereocenters. The van der Waals surface area contributed by atoms with Gasteiger partial charge >= 0.3 is 0 Å². The quantitative estimate of drug-likeness (QED) is 0.559. The Morgan fingerprint density at radius 2 is 1.10 bits per heavy atom. The van der Waals surface area contributed by atoms with Gasteiger partial charge in [0.15, 0.2) is 0 Å². The van der Waals surface area contributed by atoms with Gasteiger partial charge < -0.3 is 9.47 Å². The van der Waals surface area contributed by atoms with Crippen molar-refractivity contribution in [2.75, 3.05) is 65.7 Å². The number of thiophene rings is 2. The summed E-state index contributed by atoms with van der Waals surface area (Å²) in [6.07, 6.45) is 4.88. The van der Waals surface area contributed by atoms with Crippen molar-refractivity contribution in [1.29, 1.82) is 0 Å². The summed E-state index contributed by atoms with van der Waals surface area (Å²) in [6, 6.07) is 4.85. The second kappa shape index (κ2) is 11.2. The molecule has 2 aromatic rings. The van der Waals surface area contributed by atoms with Crippen molar-refractivity contribution in [3.63, 3.8) is 0 Å². The lowest BCUT2D eigenvalue weighted by Gasteiger charge is -2.26. The summed E-state index contributed by atoms with van der Waals surface area (Å²) in [5.41, 5.74) is 2.90. The molecule has 4 rings (SSSR count). The Bertz CT molecular complexity index is 723. The molecule has 0 N–H and O–H groups in total. The molecular formula is C24H36N2O2S2. The average molecular weight is 449 g/mol. The zero-order valence-electron chi connectivity index (χ0n) is 18.6. The van der Waals surface area contributed by atoms with E-state index >= 15 is 0 Å². The first-order valence-corrected chi connectivity index (χ1v) is 13.1. The third-order valence-electron chi connectivity index (χ3n) is 6.15. The van der Waals surface area contributed by atoms with E-state index in [1.165, 1.54) is 69.4 Å². The van der Waals surface area contributed by atoms with Crippen molar-refractivity contribution in [3.8, 4) is 9.75 Å². The number of aryl methyl sites for hydroxylation is 4. The molecule has 4 heterocycles. The highest BCUT2D eigenvalue weighted by Crippen LogP contribution is 2.40. The van der Waals surface area contributed by atoms with E-state index in [0.29, 0.717) is 0 Å². The third-order valence-corrected chi connectivity index (χ3v) is 8.90. The molecule has 0 amide bonds. The summed E-state index contributed by atoms with van der Waals surface area (Å²) < 4.78 is 10.9. The Hall–Kier alpha value is -0.760. The average Bonchev–Trinajstić information content (AvgIpc) is 3.31. The summed E-state index contributed by atoms with van der Waals surface area (Å²) in [4.78, 5) is 11.2. The number of morpholine rings is 2. The smallest absolute Gasteiger partial charge is 0.0594 e. The van der Waals surface area contributed by atoms with Gasteiger partial charge in [-0.2, -0.15) is 0 Å². The van der Waals surface area contributed by atoms with E-state index in [0.717, 1.165) is 52.6 Å². The fraction of sp³-hybridized carbons (Fsp3) is 0.667. The molecule has 2 aliphatic rings. The van der Waals surface area contributed by atoms with Crippen molar-refractivity contribution in [2.45, 2.75) is 39.5 Å². The number of hydrogen-bond donors (Lipinski definition) is 0. The molecule has 4 nitrogen and oxygen atoms in total. The molecule has 2 aromatic heterocycles. The van der Waals surface area contributed by atoms with Crippen LogP contribution in [0, 0.1) is 13.8 Å². The molecule has 0 saturated carbocycles. The van der Waals surface area contributed by atoms with Crippen LogP contribution in [-0.2, 0) is 22.3 Å². The van der Waals surface area contributed by atoms with Crippen molar-refractivity contribution in [3.05, 3.63) is 33.0 Å². The lowest BCUT2D eigenvalue weighted by atomic mass is 10.1. The minimum Gasteiger partial charge on any atom is -0.379 e. The van der Waals surface area contributed by atoms with E-state index in [4.69, 9.17) is 9.47 Å². The zero-order chi connectivity index (χ0) is 20.8. The van der Waals surface area contributed by atoms with Gasteiger partial charge in [-0.1, -0.05) is 0 Å². The second-order valence-corrected chi connectivity index (χ2v) is 10.8. The van der Waals surface area contributed by atoms with E-state index in [9.17, 15) is 0 Å². The monoisotopic (exact) mass is 448 g/mol. The number of nitrogens with zero attached hydrogens (tertiary/aromatic N) is 2. The summed E-state index contributed by atoms with van der Waals surface area (Å²) in [5, 5.41) is 0. The van der Waals surface area contributed by atoms with Gasteiger partial charge in [0, 0.05) is 45.7 Å². The van der Waals surface area contributed by atoms with E-state index in [1.807, 2.05) is 22.7 Å². The summed E-state index contributed by atoms with van der Waals surface area (Å²) in [5.74, 6) is 0. The maximum Gasteiger partial charge on any atom is 0.0594 e. The summed E-state index contributed by atoms with van der Waals surface area (Å²) in [6.45, 7) is 14.9. The first kappa shape index (κ1) is 22.4. The predicted octanol–water partition coefficient (Wildman–Crippen LogP) is 4.62.